The van der Waals surface area contributed by atoms with E-state index in [1.54, 1.807) is 18.8 Å². The number of carbonyl (C=O) groups excluding carboxylic acids is 2. The van der Waals surface area contributed by atoms with E-state index in [9.17, 15) is 23.6 Å². The van der Waals surface area contributed by atoms with Crippen molar-refractivity contribution in [2.24, 2.45) is 0 Å². The Kier molecular flexibility index (Phi) is 6.41. The summed E-state index contributed by atoms with van der Waals surface area (Å²) < 4.78 is 24.5. The van der Waals surface area contributed by atoms with E-state index in [1.165, 1.54) is 6.92 Å². The minimum atomic E-state index is -2.16. The zero-order chi connectivity index (χ0) is 18.5. The van der Waals surface area contributed by atoms with Gasteiger partial charge in [0.25, 0.3) is 5.56 Å². The van der Waals surface area contributed by atoms with Crippen LogP contribution in [0.3, 0.4) is 0 Å². The Hall–Kier alpha value is -2.49. The average Bonchev–Trinajstić information content (AvgIpc) is 2.47. The van der Waals surface area contributed by atoms with E-state index in [0.717, 1.165) is 6.92 Å². The Labute approximate surface area is 136 Å². The third-order valence-corrected chi connectivity index (χ3v) is 2.93. The molecule has 9 nitrogen and oxygen atoms in total. The largest absolute Gasteiger partial charge is 0.463 e. The Bertz CT molecular complexity index is 726. The molecule has 10 heteroatoms. The summed E-state index contributed by atoms with van der Waals surface area (Å²) in [5, 5.41) is 2.27. The summed E-state index contributed by atoms with van der Waals surface area (Å²) in [5.74, 6) is -3.03. The Morgan fingerprint density at radius 1 is 1.42 bits per heavy atom. The molecule has 1 heterocycles. The lowest BCUT2D eigenvalue weighted by Crippen LogP contribution is -2.63. The third kappa shape index (κ3) is 4.28. The summed E-state index contributed by atoms with van der Waals surface area (Å²) in [6.07, 6.45) is 0.161. The molecule has 24 heavy (non-hydrogen) atoms. The first kappa shape index (κ1) is 19.6. The van der Waals surface area contributed by atoms with Crippen molar-refractivity contribution in [3.8, 4) is 0 Å². The summed E-state index contributed by atoms with van der Waals surface area (Å²) in [6.45, 7) is 5.41. The van der Waals surface area contributed by atoms with Crippen molar-refractivity contribution in [2.75, 3.05) is 13.2 Å². The molecule has 0 saturated heterocycles. The van der Waals surface area contributed by atoms with E-state index in [1.807, 2.05) is 0 Å². The highest BCUT2D eigenvalue weighted by atomic mass is 19.1. The summed E-state index contributed by atoms with van der Waals surface area (Å²) in [5.41, 5.74) is -4.51. The van der Waals surface area contributed by atoms with Crippen molar-refractivity contribution >= 4 is 11.9 Å². The van der Waals surface area contributed by atoms with Crippen LogP contribution in [0.15, 0.2) is 15.8 Å². The molecule has 0 saturated carbocycles. The van der Waals surface area contributed by atoms with E-state index in [2.05, 4.69) is 5.32 Å². The fourth-order valence-corrected chi connectivity index (χ4v) is 1.93. The van der Waals surface area contributed by atoms with Crippen LogP contribution < -0.4 is 16.6 Å². The lowest BCUT2D eigenvalue weighted by atomic mass is 10.1. The molecule has 0 fully saturated rings. The molecule has 1 atom stereocenters. The number of nitrogens with one attached hydrogen (secondary N) is 2. The van der Waals surface area contributed by atoms with Crippen molar-refractivity contribution in [3.63, 3.8) is 0 Å². The van der Waals surface area contributed by atoms with Gasteiger partial charge in [0.1, 0.15) is 6.61 Å². The van der Waals surface area contributed by atoms with Gasteiger partial charge in [-0.05, 0) is 20.8 Å². The average molecular weight is 345 g/mol. The number of ether oxygens (including phenoxy) is 2. The topological polar surface area (TPSA) is 119 Å². The molecule has 2 N–H and O–H groups in total. The highest BCUT2D eigenvalue weighted by Gasteiger charge is 2.45. The van der Waals surface area contributed by atoms with Crippen LogP contribution in [0.2, 0.25) is 0 Å². The number of hydrogen-bond acceptors (Lipinski definition) is 6. The van der Waals surface area contributed by atoms with Crippen LogP contribution in [0.4, 0.5) is 4.39 Å². The van der Waals surface area contributed by atoms with Crippen LogP contribution >= 0.6 is 0 Å². The molecule has 1 aromatic heterocycles. The normalized spacial score (nSPS) is 13.4. The van der Waals surface area contributed by atoms with Crippen molar-refractivity contribution in [2.45, 2.75) is 39.5 Å². The third-order valence-electron chi connectivity index (χ3n) is 2.93. The number of esters is 1. The molecule has 134 valence electrons. The molecular formula is C14H20FN3O6. The Balaban J connectivity index is 3.62. The highest BCUT2D eigenvalue weighted by Crippen LogP contribution is 2.16. The van der Waals surface area contributed by atoms with E-state index in [4.69, 9.17) is 9.47 Å². The van der Waals surface area contributed by atoms with Gasteiger partial charge in [-0.3, -0.25) is 19.1 Å². The first-order chi connectivity index (χ1) is 11.1. The predicted octanol–water partition coefficient (Wildman–Crippen LogP) is -0.547. The summed E-state index contributed by atoms with van der Waals surface area (Å²) in [6, 6.07) is 0. The maximum Gasteiger partial charge on any atom is 0.356 e. The number of carbonyl (C=O) groups is 2. The van der Waals surface area contributed by atoms with E-state index < -0.39 is 41.2 Å². The SMILES string of the molecule is CCOC(=O)C(COC(C)C)(NC(C)=O)n1cc(F)c(=O)[nH]c1=O. The summed E-state index contributed by atoms with van der Waals surface area (Å²) >= 11 is 0. The second kappa shape index (κ2) is 7.86. The first-order valence-corrected chi connectivity index (χ1v) is 7.23. The van der Waals surface area contributed by atoms with E-state index in [0.29, 0.717) is 10.8 Å². The molecule has 0 spiro atoms. The Morgan fingerprint density at radius 2 is 2.04 bits per heavy atom. The fourth-order valence-electron chi connectivity index (χ4n) is 1.93. The summed E-state index contributed by atoms with van der Waals surface area (Å²) in [7, 11) is 0. The maximum atomic E-state index is 13.7. The van der Waals surface area contributed by atoms with Gasteiger partial charge in [0.05, 0.1) is 18.9 Å². The molecule has 0 aliphatic heterocycles. The zero-order valence-corrected chi connectivity index (χ0v) is 13.8. The number of rotatable bonds is 7. The fraction of sp³-hybridized carbons (Fsp3) is 0.571. The van der Waals surface area contributed by atoms with Gasteiger partial charge >= 0.3 is 11.7 Å². The van der Waals surface area contributed by atoms with Crippen LogP contribution in [-0.4, -0.2) is 40.7 Å². The molecule has 1 unspecified atom stereocenters. The van der Waals surface area contributed by atoms with Crippen LogP contribution in [0.1, 0.15) is 27.7 Å². The van der Waals surface area contributed by atoms with E-state index >= 15 is 0 Å². The van der Waals surface area contributed by atoms with Crippen LogP contribution in [0.25, 0.3) is 0 Å². The number of halogens is 1. The van der Waals surface area contributed by atoms with Crippen molar-refractivity contribution in [3.05, 3.63) is 32.9 Å². The number of aromatic nitrogens is 2. The van der Waals surface area contributed by atoms with E-state index in [-0.39, 0.29) is 12.7 Å². The molecular weight excluding hydrogens is 325 g/mol. The van der Waals surface area contributed by atoms with Gasteiger partial charge in [-0.2, -0.15) is 4.39 Å². The van der Waals surface area contributed by atoms with Gasteiger partial charge in [-0.15, -0.1) is 0 Å². The molecule has 0 bridgehead atoms. The summed E-state index contributed by atoms with van der Waals surface area (Å²) in [4.78, 5) is 49.1. The van der Waals surface area contributed by atoms with Gasteiger partial charge in [-0.25, -0.2) is 9.59 Å². The maximum absolute atomic E-state index is 13.7. The predicted molar refractivity (Wildman–Crippen MR) is 80.8 cm³/mol. The smallest absolute Gasteiger partial charge is 0.356 e. The zero-order valence-electron chi connectivity index (χ0n) is 13.8. The van der Waals surface area contributed by atoms with Gasteiger partial charge in [0.2, 0.25) is 17.4 Å². The first-order valence-electron chi connectivity index (χ1n) is 7.23. The van der Waals surface area contributed by atoms with Crippen molar-refractivity contribution in [1.82, 2.24) is 14.9 Å². The molecule has 1 aromatic rings. The highest BCUT2D eigenvalue weighted by molar-refractivity contribution is 5.85. The minimum Gasteiger partial charge on any atom is -0.463 e. The molecule has 0 aliphatic carbocycles. The van der Waals surface area contributed by atoms with Crippen molar-refractivity contribution < 1.29 is 23.5 Å². The quantitative estimate of drug-likeness (QED) is 0.640. The van der Waals surface area contributed by atoms with Crippen LogP contribution in [0.5, 0.6) is 0 Å². The number of nitrogens with zero attached hydrogens (tertiary/aromatic N) is 1. The van der Waals surface area contributed by atoms with Gasteiger partial charge in [0, 0.05) is 6.92 Å². The molecule has 0 aliphatic rings. The lowest BCUT2D eigenvalue weighted by molar-refractivity contribution is -0.164. The minimum absolute atomic E-state index is 0.0531. The van der Waals surface area contributed by atoms with Gasteiger partial charge in [-0.1, -0.05) is 0 Å². The molecule has 0 radical (unpaired) electrons. The lowest BCUT2D eigenvalue weighted by Gasteiger charge is -2.33. The van der Waals surface area contributed by atoms with Gasteiger partial charge < -0.3 is 14.8 Å². The molecule has 1 rings (SSSR count). The second-order valence-corrected chi connectivity index (χ2v) is 5.23. The standard InChI is InChI=1S/C14H20FN3O6/c1-5-23-12(21)14(17-9(4)19,7-24-8(2)3)18-6-10(15)11(20)16-13(18)22/h6,8H,5,7H2,1-4H3,(H,17,19)(H,16,20,22). The number of aromatic amines is 1. The van der Waals surface area contributed by atoms with Crippen LogP contribution in [0, 0.1) is 5.82 Å². The van der Waals surface area contributed by atoms with Gasteiger partial charge in [0.15, 0.2) is 0 Å². The monoisotopic (exact) mass is 345 g/mol. The molecule has 0 aromatic carbocycles. The number of hydrogen-bond donors (Lipinski definition) is 2. The molecule has 1 amide bonds. The Morgan fingerprint density at radius 3 is 2.54 bits per heavy atom. The van der Waals surface area contributed by atoms with Crippen molar-refractivity contribution in [1.29, 1.82) is 0 Å². The second-order valence-electron chi connectivity index (χ2n) is 5.23. The van der Waals surface area contributed by atoms with Crippen LogP contribution in [-0.2, 0) is 24.7 Å². The number of amides is 1. The number of H-pyrrole nitrogens is 1.